The largest absolute Gasteiger partial charge is 0.308 e. The molecule has 0 aliphatic heterocycles. The number of rotatable bonds is 5. The predicted octanol–water partition coefficient (Wildman–Crippen LogP) is 3.30. The highest BCUT2D eigenvalue weighted by atomic mass is 32.1. The average Bonchev–Trinajstić information content (AvgIpc) is 2.84. The molecule has 0 saturated carbocycles. The van der Waals surface area contributed by atoms with Crippen LogP contribution in [0.4, 0.5) is 0 Å². The van der Waals surface area contributed by atoms with E-state index in [-0.39, 0.29) is 0 Å². The molecule has 0 saturated heterocycles. The van der Waals surface area contributed by atoms with Gasteiger partial charge in [0.2, 0.25) is 0 Å². The third-order valence-electron chi connectivity index (χ3n) is 3.07. The van der Waals surface area contributed by atoms with Gasteiger partial charge in [0, 0.05) is 16.2 Å². The minimum atomic E-state index is 0.376. The van der Waals surface area contributed by atoms with E-state index in [4.69, 9.17) is 6.42 Å². The van der Waals surface area contributed by atoms with Crippen LogP contribution >= 0.6 is 11.3 Å². The minimum Gasteiger partial charge on any atom is -0.308 e. The highest BCUT2D eigenvalue weighted by Crippen LogP contribution is 2.34. The van der Waals surface area contributed by atoms with Crippen molar-refractivity contribution in [2.45, 2.75) is 45.1 Å². The fourth-order valence-electron chi connectivity index (χ4n) is 2.23. The number of terminal acetylenes is 1. The van der Waals surface area contributed by atoms with Crippen LogP contribution in [-0.4, -0.2) is 6.54 Å². The van der Waals surface area contributed by atoms with Crippen molar-refractivity contribution in [2.75, 3.05) is 6.54 Å². The number of nitrogens with one attached hydrogen (secondary N) is 1. The molecule has 0 aromatic carbocycles. The molecule has 0 amide bonds. The van der Waals surface area contributed by atoms with Crippen molar-refractivity contribution in [1.29, 1.82) is 0 Å². The molecular formula is C14H19NS. The second kappa shape index (κ2) is 5.52. The second-order valence-corrected chi connectivity index (χ2v) is 5.53. The Kier molecular flexibility index (Phi) is 4.04. The lowest BCUT2D eigenvalue weighted by atomic mass is 10.1. The van der Waals surface area contributed by atoms with Crippen LogP contribution in [0.5, 0.6) is 0 Å². The highest BCUT2D eigenvalue weighted by Gasteiger charge is 2.19. The van der Waals surface area contributed by atoms with E-state index in [9.17, 15) is 0 Å². The van der Waals surface area contributed by atoms with E-state index in [0.29, 0.717) is 6.04 Å². The van der Waals surface area contributed by atoms with E-state index < -0.39 is 0 Å². The Labute approximate surface area is 102 Å². The van der Waals surface area contributed by atoms with Gasteiger partial charge in [0.25, 0.3) is 0 Å². The molecule has 1 aromatic heterocycles. The van der Waals surface area contributed by atoms with Gasteiger partial charge >= 0.3 is 0 Å². The molecular weight excluding hydrogens is 214 g/mol. The number of fused-ring (bicyclic) bond motifs is 1. The lowest BCUT2D eigenvalue weighted by Gasteiger charge is -2.14. The van der Waals surface area contributed by atoms with Gasteiger partial charge in [-0.15, -0.1) is 23.7 Å². The smallest absolute Gasteiger partial charge is 0.0525 e. The van der Waals surface area contributed by atoms with E-state index in [1.54, 1.807) is 10.4 Å². The summed E-state index contributed by atoms with van der Waals surface area (Å²) in [5.41, 5.74) is 1.57. The third-order valence-corrected chi connectivity index (χ3v) is 4.42. The van der Waals surface area contributed by atoms with Crippen molar-refractivity contribution >= 4 is 11.3 Å². The Hall–Kier alpha value is -0.780. The Morgan fingerprint density at radius 1 is 1.56 bits per heavy atom. The van der Waals surface area contributed by atoms with Crippen LogP contribution in [0.25, 0.3) is 0 Å². The molecule has 1 aromatic rings. The summed E-state index contributed by atoms with van der Waals surface area (Å²) in [7, 11) is 0. The maximum Gasteiger partial charge on any atom is 0.0525 e. The maximum atomic E-state index is 5.44. The van der Waals surface area contributed by atoms with Gasteiger partial charge in [0.1, 0.15) is 0 Å². The molecule has 0 fully saturated rings. The van der Waals surface area contributed by atoms with E-state index in [0.717, 1.165) is 19.4 Å². The first-order valence-electron chi connectivity index (χ1n) is 6.13. The number of hydrogen-bond acceptors (Lipinski definition) is 2. The van der Waals surface area contributed by atoms with Gasteiger partial charge in [-0.2, -0.15) is 0 Å². The summed E-state index contributed by atoms with van der Waals surface area (Å²) < 4.78 is 0. The van der Waals surface area contributed by atoms with Crippen LogP contribution in [0.3, 0.4) is 0 Å². The first kappa shape index (κ1) is 11.7. The summed E-state index contributed by atoms with van der Waals surface area (Å²) in [6.07, 6.45) is 11.3. The third kappa shape index (κ3) is 2.48. The normalized spacial score (nSPS) is 15.8. The van der Waals surface area contributed by atoms with Crippen molar-refractivity contribution < 1.29 is 0 Å². The van der Waals surface area contributed by atoms with Gasteiger partial charge in [0.05, 0.1) is 6.04 Å². The molecule has 1 aliphatic rings. The summed E-state index contributed by atoms with van der Waals surface area (Å²) in [6, 6.07) is 2.75. The second-order valence-electron chi connectivity index (χ2n) is 4.37. The molecule has 86 valence electrons. The fourth-order valence-corrected chi connectivity index (χ4v) is 3.57. The summed E-state index contributed by atoms with van der Waals surface area (Å²) >= 11 is 1.96. The number of thiophene rings is 1. The molecule has 1 N–H and O–H groups in total. The molecule has 2 heteroatoms. The van der Waals surface area contributed by atoms with Gasteiger partial charge in [-0.1, -0.05) is 6.92 Å². The molecule has 1 unspecified atom stereocenters. The molecule has 0 bridgehead atoms. The summed E-state index contributed by atoms with van der Waals surface area (Å²) in [6.45, 7) is 3.24. The van der Waals surface area contributed by atoms with Gasteiger partial charge < -0.3 is 5.32 Å². The summed E-state index contributed by atoms with van der Waals surface area (Å²) in [4.78, 5) is 3.03. The van der Waals surface area contributed by atoms with E-state index in [1.807, 2.05) is 11.3 Å². The topological polar surface area (TPSA) is 12.0 Å². The highest BCUT2D eigenvalue weighted by molar-refractivity contribution is 7.12. The standard InChI is InChI=1S/C14H19NS/c1-3-6-12(15-9-4-2)14-10-11-7-5-8-13(11)16-14/h1,10,12,15H,4-9H2,2H3. The van der Waals surface area contributed by atoms with Gasteiger partial charge in [-0.25, -0.2) is 0 Å². The Bertz CT molecular complexity index is 364. The van der Waals surface area contributed by atoms with E-state index in [2.05, 4.69) is 24.2 Å². The van der Waals surface area contributed by atoms with Crippen LogP contribution < -0.4 is 5.32 Å². The molecule has 1 atom stereocenters. The fraction of sp³-hybridized carbons (Fsp3) is 0.571. The molecule has 0 spiro atoms. The van der Waals surface area contributed by atoms with E-state index in [1.165, 1.54) is 24.1 Å². The van der Waals surface area contributed by atoms with Crippen LogP contribution in [-0.2, 0) is 12.8 Å². The van der Waals surface area contributed by atoms with Gasteiger partial charge in [-0.05, 0) is 43.9 Å². The molecule has 2 rings (SSSR count). The lowest BCUT2D eigenvalue weighted by Crippen LogP contribution is -2.20. The lowest BCUT2D eigenvalue weighted by molar-refractivity contribution is 0.550. The molecule has 0 radical (unpaired) electrons. The van der Waals surface area contributed by atoms with Crippen LogP contribution in [0.2, 0.25) is 0 Å². The summed E-state index contributed by atoms with van der Waals surface area (Å²) in [5.74, 6) is 2.78. The van der Waals surface area contributed by atoms with Crippen LogP contribution in [0.1, 0.15) is 47.5 Å². The molecule has 1 nitrogen and oxygen atoms in total. The first-order chi connectivity index (χ1) is 7.85. The van der Waals surface area contributed by atoms with Crippen molar-refractivity contribution in [3.05, 3.63) is 21.4 Å². The van der Waals surface area contributed by atoms with Gasteiger partial charge in [0.15, 0.2) is 0 Å². The Balaban J connectivity index is 2.09. The molecule has 1 aliphatic carbocycles. The number of aryl methyl sites for hydroxylation is 2. The Morgan fingerprint density at radius 3 is 3.12 bits per heavy atom. The van der Waals surface area contributed by atoms with Crippen molar-refractivity contribution in [1.82, 2.24) is 5.32 Å². The number of hydrogen-bond donors (Lipinski definition) is 1. The van der Waals surface area contributed by atoms with Crippen molar-refractivity contribution in [3.8, 4) is 12.3 Å². The predicted molar refractivity (Wildman–Crippen MR) is 70.8 cm³/mol. The zero-order valence-electron chi connectivity index (χ0n) is 9.88. The first-order valence-corrected chi connectivity index (χ1v) is 6.95. The van der Waals surface area contributed by atoms with Crippen LogP contribution in [0, 0.1) is 12.3 Å². The van der Waals surface area contributed by atoms with Crippen LogP contribution in [0.15, 0.2) is 6.07 Å². The SMILES string of the molecule is C#CCC(NCCC)c1cc2c(s1)CCC2. The quantitative estimate of drug-likeness (QED) is 0.769. The van der Waals surface area contributed by atoms with E-state index >= 15 is 0 Å². The maximum absolute atomic E-state index is 5.44. The average molecular weight is 233 g/mol. The zero-order chi connectivity index (χ0) is 11.4. The van der Waals surface area contributed by atoms with Gasteiger partial charge in [-0.3, -0.25) is 0 Å². The zero-order valence-corrected chi connectivity index (χ0v) is 10.7. The monoisotopic (exact) mass is 233 g/mol. The molecule has 1 heterocycles. The van der Waals surface area contributed by atoms with Crippen molar-refractivity contribution in [3.63, 3.8) is 0 Å². The molecule has 16 heavy (non-hydrogen) atoms. The Morgan fingerprint density at radius 2 is 2.44 bits per heavy atom. The minimum absolute atomic E-state index is 0.376. The van der Waals surface area contributed by atoms with Crippen molar-refractivity contribution in [2.24, 2.45) is 0 Å². The summed E-state index contributed by atoms with van der Waals surface area (Å²) in [5, 5.41) is 3.54.